The van der Waals surface area contributed by atoms with Gasteiger partial charge in [0.15, 0.2) is 5.69 Å². The molecule has 3 heterocycles. The van der Waals surface area contributed by atoms with Gasteiger partial charge >= 0.3 is 0 Å². The average molecular weight is 342 g/mol. The lowest BCUT2D eigenvalue weighted by atomic mass is 10.3. The second-order valence-electron chi connectivity index (χ2n) is 4.85. The van der Waals surface area contributed by atoms with Crippen molar-refractivity contribution in [2.24, 2.45) is 5.73 Å². The predicted octanol–water partition coefficient (Wildman–Crippen LogP) is 1.77. The maximum atomic E-state index is 12.4. The Balaban J connectivity index is 1.82. The van der Waals surface area contributed by atoms with Gasteiger partial charge in [0.05, 0.1) is 5.69 Å². The van der Waals surface area contributed by atoms with E-state index in [-0.39, 0.29) is 17.1 Å². The van der Waals surface area contributed by atoms with E-state index in [9.17, 15) is 9.59 Å². The third-order valence-electron chi connectivity index (χ3n) is 3.21. The van der Waals surface area contributed by atoms with Gasteiger partial charge in [-0.25, -0.2) is 4.98 Å². The summed E-state index contributed by atoms with van der Waals surface area (Å²) in [6.45, 7) is 2.42. The van der Waals surface area contributed by atoms with Crippen molar-refractivity contribution in [1.82, 2.24) is 19.7 Å². The normalized spacial score (nSPS) is 10.5. The van der Waals surface area contributed by atoms with Crippen LogP contribution in [0.1, 0.15) is 27.9 Å². The van der Waals surface area contributed by atoms with Crippen LogP contribution in [0.15, 0.2) is 36.1 Å². The summed E-state index contributed by atoms with van der Waals surface area (Å²) < 4.78 is 1.53. The minimum absolute atomic E-state index is 0.0212. The topological polar surface area (TPSA) is 116 Å². The van der Waals surface area contributed by atoms with E-state index in [1.165, 1.54) is 16.0 Å². The molecule has 3 aromatic heterocycles. The van der Waals surface area contributed by atoms with Crippen molar-refractivity contribution < 1.29 is 9.59 Å². The first-order valence-corrected chi connectivity index (χ1v) is 8.01. The third kappa shape index (κ3) is 3.15. The molecule has 0 aliphatic rings. The molecule has 122 valence electrons. The summed E-state index contributed by atoms with van der Waals surface area (Å²) in [6.07, 6.45) is 4.91. The molecule has 0 fully saturated rings. The van der Waals surface area contributed by atoms with Crippen LogP contribution in [0.3, 0.4) is 0 Å². The molecule has 0 unspecified atom stereocenters. The van der Waals surface area contributed by atoms with E-state index < -0.39 is 11.8 Å². The largest absolute Gasteiger partial charge is 0.364 e. The van der Waals surface area contributed by atoms with Gasteiger partial charge in [-0.3, -0.25) is 19.3 Å². The summed E-state index contributed by atoms with van der Waals surface area (Å²) in [5.74, 6) is -1.13. The minimum atomic E-state index is -0.702. The SMILES string of the molecule is CCn1cc(NC(=O)c2csc(-c3cccnc3)n2)c(C(N)=O)n1. The number of hydrogen-bond donors (Lipinski definition) is 2. The van der Waals surface area contributed by atoms with E-state index in [1.54, 1.807) is 30.0 Å². The van der Waals surface area contributed by atoms with Crippen LogP contribution in [-0.4, -0.2) is 31.6 Å². The van der Waals surface area contributed by atoms with E-state index in [4.69, 9.17) is 5.73 Å². The lowest BCUT2D eigenvalue weighted by Crippen LogP contribution is -2.18. The zero-order valence-corrected chi connectivity index (χ0v) is 13.6. The van der Waals surface area contributed by atoms with E-state index in [1.807, 2.05) is 13.0 Å². The van der Waals surface area contributed by atoms with Crippen molar-refractivity contribution in [2.75, 3.05) is 5.32 Å². The fourth-order valence-corrected chi connectivity index (χ4v) is 2.83. The standard InChI is InChI=1S/C15H14N6O2S/c1-2-21-7-10(12(20-21)13(16)22)18-14(23)11-8-24-15(19-11)9-4-3-5-17-6-9/h3-8H,2H2,1H3,(H2,16,22)(H,18,23). The third-order valence-corrected chi connectivity index (χ3v) is 4.10. The number of hydrogen-bond acceptors (Lipinski definition) is 6. The number of rotatable bonds is 5. The Morgan fingerprint density at radius 3 is 2.92 bits per heavy atom. The molecule has 0 aliphatic heterocycles. The van der Waals surface area contributed by atoms with Crippen LogP contribution in [-0.2, 0) is 6.54 Å². The van der Waals surface area contributed by atoms with Gasteiger partial charge in [-0.05, 0) is 19.1 Å². The van der Waals surface area contributed by atoms with Crippen LogP contribution < -0.4 is 11.1 Å². The molecule has 0 radical (unpaired) electrons. The van der Waals surface area contributed by atoms with Crippen molar-refractivity contribution in [3.63, 3.8) is 0 Å². The van der Waals surface area contributed by atoms with Gasteiger partial charge in [0.25, 0.3) is 11.8 Å². The van der Waals surface area contributed by atoms with Crippen LogP contribution in [0.4, 0.5) is 5.69 Å². The Bertz CT molecular complexity index is 887. The fourth-order valence-electron chi connectivity index (χ4n) is 2.04. The lowest BCUT2D eigenvalue weighted by molar-refractivity contribution is 0.0995. The number of nitrogens with zero attached hydrogens (tertiary/aromatic N) is 4. The van der Waals surface area contributed by atoms with Gasteiger partial charge in [-0.15, -0.1) is 11.3 Å². The van der Waals surface area contributed by atoms with Crippen molar-refractivity contribution in [3.05, 3.63) is 47.5 Å². The molecule has 3 rings (SSSR count). The monoisotopic (exact) mass is 342 g/mol. The summed E-state index contributed by atoms with van der Waals surface area (Å²) >= 11 is 1.34. The average Bonchev–Trinajstić information content (AvgIpc) is 3.22. The van der Waals surface area contributed by atoms with Crippen LogP contribution in [0.2, 0.25) is 0 Å². The molecule has 9 heteroatoms. The highest BCUT2D eigenvalue weighted by atomic mass is 32.1. The molecule has 0 aliphatic carbocycles. The zero-order chi connectivity index (χ0) is 17.1. The van der Waals surface area contributed by atoms with Gasteiger partial charge in [0.1, 0.15) is 10.7 Å². The molecular formula is C15H14N6O2S. The lowest BCUT2D eigenvalue weighted by Gasteiger charge is -2.01. The molecule has 0 saturated heterocycles. The number of carbonyl (C=O) groups is 2. The summed E-state index contributed by atoms with van der Waals surface area (Å²) in [5, 5.41) is 8.99. The molecule has 0 bridgehead atoms. The second-order valence-corrected chi connectivity index (χ2v) is 5.70. The molecule has 8 nitrogen and oxygen atoms in total. The van der Waals surface area contributed by atoms with Gasteiger partial charge in [-0.1, -0.05) is 0 Å². The van der Waals surface area contributed by atoms with Crippen molar-refractivity contribution in [1.29, 1.82) is 0 Å². The highest BCUT2D eigenvalue weighted by Crippen LogP contribution is 2.23. The Hall–Kier alpha value is -3.07. The van der Waals surface area contributed by atoms with Crippen LogP contribution >= 0.6 is 11.3 Å². The van der Waals surface area contributed by atoms with Crippen molar-refractivity contribution >= 4 is 28.8 Å². The van der Waals surface area contributed by atoms with Crippen LogP contribution in [0.25, 0.3) is 10.6 Å². The van der Waals surface area contributed by atoms with Gasteiger partial charge in [-0.2, -0.15) is 5.10 Å². The predicted molar refractivity (Wildman–Crippen MR) is 89.7 cm³/mol. The minimum Gasteiger partial charge on any atom is -0.364 e. The molecule has 0 saturated carbocycles. The van der Waals surface area contributed by atoms with E-state index in [0.29, 0.717) is 11.6 Å². The van der Waals surface area contributed by atoms with Crippen LogP contribution in [0, 0.1) is 0 Å². The number of nitrogens with two attached hydrogens (primary N) is 1. The highest BCUT2D eigenvalue weighted by molar-refractivity contribution is 7.13. The Morgan fingerprint density at radius 1 is 1.42 bits per heavy atom. The Kier molecular flexibility index (Phi) is 4.34. The number of thiazole rings is 1. The Labute approximate surface area is 141 Å². The zero-order valence-electron chi connectivity index (χ0n) is 12.8. The van der Waals surface area contributed by atoms with Crippen LogP contribution in [0.5, 0.6) is 0 Å². The first-order chi connectivity index (χ1) is 11.6. The number of aryl methyl sites for hydroxylation is 1. The number of primary amides is 1. The molecule has 0 atom stereocenters. The quantitative estimate of drug-likeness (QED) is 0.733. The molecular weight excluding hydrogens is 328 g/mol. The summed E-state index contributed by atoms with van der Waals surface area (Å²) in [7, 11) is 0. The van der Waals surface area contributed by atoms with Gasteiger partial charge < -0.3 is 11.1 Å². The molecule has 3 aromatic rings. The summed E-state index contributed by atoms with van der Waals surface area (Å²) in [4.78, 5) is 32.1. The second kappa shape index (κ2) is 6.59. The number of nitrogens with one attached hydrogen (secondary N) is 1. The summed E-state index contributed by atoms with van der Waals surface area (Å²) in [6, 6.07) is 3.67. The summed E-state index contributed by atoms with van der Waals surface area (Å²) in [5.41, 5.74) is 6.66. The first-order valence-electron chi connectivity index (χ1n) is 7.13. The fraction of sp³-hybridized carbons (Fsp3) is 0.133. The number of aromatic nitrogens is 4. The number of carbonyl (C=O) groups excluding carboxylic acids is 2. The van der Waals surface area contributed by atoms with Gasteiger partial charge in [0.2, 0.25) is 0 Å². The Morgan fingerprint density at radius 2 is 2.25 bits per heavy atom. The molecule has 0 spiro atoms. The molecule has 24 heavy (non-hydrogen) atoms. The van der Waals surface area contributed by atoms with E-state index in [0.717, 1.165) is 5.56 Å². The maximum Gasteiger partial charge on any atom is 0.275 e. The van der Waals surface area contributed by atoms with E-state index >= 15 is 0 Å². The molecule has 3 N–H and O–H groups in total. The molecule has 0 aromatic carbocycles. The van der Waals surface area contributed by atoms with Gasteiger partial charge in [0, 0.05) is 36.1 Å². The number of amides is 2. The van der Waals surface area contributed by atoms with Crippen molar-refractivity contribution in [2.45, 2.75) is 13.5 Å². The smallest absolute Gasteiger partial charge is 0.275 e. The maximum absolute atomic E-state index is 12.4. The highest BCUT2D eigenvalue weighted by Gasteiger charge is 2.18. The number of pyridine rings is 1. The molecule has 2 amide bonds. The number of anilines is 1. The van der Waals surface area contributed by atoms with E-state index in [2.05, 4.69) is 20.4 Å². The van der Waals surface area contributed by atoms with Crippen molar-refractivity contribution in [3.8, 4) is 10.6 Å². The first kappa shape index (κ1) is 15.8.